The topological polar surface area (TPSA) is 38.3 Å². The molecule has 110 valence electrons. The van der Waals surface area contributed by atoms with Crippen LogP contribution < -0.4 is 5.32 Å². The molecule has 1 aromatic carbocycles. The number of carbonyl (C=O) groups excluding carboxylic acids is 1. The Morgan fingerprint density at radius 2 is 2.05 bits per heavy atom. The van der Waals surface area contributed by atoms with Crippen molar-refractivity contribution < 1.29 is 18.3 Å². The minimum atomic E-state index is -0.954. The molecule has 1 atom stereocenters. The van der Waals surface area contributed by atoms with Crippen molar-refractivity contribution in [1.29, 1.82) is 0 Å². The Morgan fingerprint density at radius 3 is 2.65 bits per heavy atom. The van der Waals surface area contributed by atoms with Gasteiger partial charge in [-0.25, -0.2) is 13.6 Å². The highest BCUT2D eigenvalue weighted by atomic mass is 19.2. The van der Waals surface area contributed by atoms with Gasteiger partial charge in [0.2, 0.25) is 0 Å². The van der Waals surface area contributed by atoms with Crippen LogP contribution in [0.2, 0.25) is 0 Å². The van der Waals surface area contributed by atoms with E-state index in [1.54, 1.807) is 6.92 Å². The summed E-state index contributed by atoms with van der Waals surface area (Å²) in [5.41, 5.74) is 0.397. The van der Waals surface area contributed by atoms with Crippen LogP contribution in [0.4, 0.5) is 8.78 Å². The minimum Gasteiger partial charge on any atom is -0.465 e. The molecule has 1 N–H and O–H groups in total. The molecule has 1 aromatic rings. The van der Waals surface area contributed by atoms with E-state index in [9.17, 15) is 13.6 Å². The van der Waals surface area contributed by atoms with Gasteiger partial charge in [0, 0.05) is 6.04 Å². The van der Waals surface area contributed by atoms with Gasteiger partial charge >= 0.3 is 5.97 Å². The molecular formula is C15H19F2NO2. The molecule has 0 aliphatic heterocycles. The van der Waals surface area contributed by atoms with Gasteiger partial charge in [0.05, 0.1) is 6.61 Å². The average Bonchev–Trinajstić information content (AvgIpc) is 2.92. The molecule has 1 saturated carbocycles. The van der Waals surface area contributed by atoms with E-state index >= 15 is 0 Å². The highest BCUT2D eigenvalue weighted by Gasteiger charge is 2.27. The zero-order chi connectivity index (χ0) is 14.5. The van der Waals surface area contributed by atoms with Gasteiger partial charge in [0.25, 0.3) is 0 Å². The molecule has 1 aliphatic rings. The number of halogens is 2. The quantitative estimate of drug-likeness (QED) is 0.844. The van der Waals surface area contributed by atoms with Crippen molar-refractivity contribution in [1.82, 2.24) is 5.32 Å². The number of nitrogens with one attached hydrogen (secondary N) is 1. The lowest BCUT2D eigenvalue weighted by Gasteiger charge is -2.22. The Morgan fingerprint density at radius 1 is 1.35 bits per heavy atom. The molecule has 1 aliphatic carbocycles. The highest BCUT2D eigenvalue weighted by molar-refractivity contribution is 5.77. The normalized spacial score (nSPS) is 17.1. The van der Waals surface area contributed by atoms with Crippen molar-refractivity contribution in [2.24, 2.45) is 0 Å². The summed E-state index contributed by atoms with van der Waals surface area (Å²) >= 11 is 0. The van der Waals surface area contributed by atoms with Crippen molar-refractivity contribution >= 4 is 5.97 Å². The summed E-state index contributed by atoms with van der Waals surface area (Å²) in [7, 11) is 0. The second-order valence-electron chi connectivity index (χ2n) is 5.01. The molecule has 2 rings (SSSR count). The molecule has 0 bridgehead atoms. The lowest BCUT2D eigenvalue weighted by Crippen LogP contribution is -2.36. The van der Waals surface area contributed by atoms with Crippen LogP contribution in [0, 0.1) is 11.6 Å². The van der Waals surface area contributed by atoms with Crippen LogP contribution in [0.3, 0.4) is 0 Å². The summed E-state index contributed by atoms with van der Waals surface area (Å²) in [5.74, 6) is -2.33. The van der Waals surface area contributed by atoms with Gasteiger partial charge in [-0.15, -0.1) is 0 Å². The van der Waals surface area contributed by atoms with E-state index in [1.165, 1.54) is 6.07 Å². The number of carbonyl (C=O) groups is 1. The van der Waals surface area contributed by atoms with E-state index in [4.69, 9.17) is 4.74 Å². The lowest BCUT2D eigenvalue weighted by atomic mass is 10.0. The predicted molar refractivity (Wildman–Crippen MR) is 71.1 cm³/mol. The summed E-state index contributed by atoms with van der Waals surface area (Å²) < 4.78 is 31.4. The maximum atomic E-state index is 13.3. The first-order valence-corrected chi connectivity index (χ1v) is 6.99. The first kappa shape index (κ1) is 14.9. The molecule has 5 heteroatoms. The molecule has 3 nitrogen and oxygen atoms in total. The van der Waals surface area contributed by atoms with Crippen LogP contribution in [0.5, 0.6) is 0 Å². The van der Waals surface area contributed by atoms with Crippen molar-refractivity contribution in [2.45, 2.75) is 44.7 Å². The van der Waals surface area contributed by atoms with Crippen molar-refractivity contribution in [3.05, 3.63) is 35.4 Å². The van der Waals surface area contributed by atoms with Gasteiger partial charge in [-0.1, -0.05) is 18.9 Å². The Balaban J connectivity index is 2.19. The second-order valence-corrected chi connectivity index (χ2v) is 5.01. The van der Waals surface area contributed by atoms with Gasteiger partial charge in [0.15, 0.2) is 11.6 Å². The Labute approximate surface area is 117 Å². The third-order valence-electron chi connectivity index (χ3n) is 3.56. The number of hydrogen-bond acceptors (Lipinski definition) is 3. The third kappa shape index (κ3) is 3.54. The van der Waals surface area contributed by atoms with Gasteiger partial charge < -0.3 is 4.74 Å². The van der Waals surface area contributed by atoms with Crippen LogP contribution in [0.25, 0.3) is 0 Å². The van der Waals surface area contributed by atoms with Crippen LogP contribution in [0.1, 0.15) is 44.2 Å². The summed E-state index contributed by atoms with van der Waals surface area (Å²) in [4.78, 5) is 12.0. The third-order valence-corrected chi connectivity index (χ3v) is 3.56. The smallest absolute Gasteiger partial charge is 0.327 e. The highest BCUT2D eigenvalue weighted by Crippen LogP contribution is 2.24. The van der Waals surface area contributed by atoms with E-state index < -0.39 is 23.6 Å². The largest absolute Gasteiger partial charge is 0.465 e. The molecule has 0 radical (unpaired) electrons. The molecule has 0 aromatic heterocycles. The molecule has 0 amide bonds. The fraction of sp³-hybridized carbons (Fsp3) is 0.533. The molecule has 1 unspecified atom stereocenters. The minimum absolute atomic E-state index is 0.220. The molecular weight excluding hydrogens is 264 g/mol. The summed E-state index contributed by atoms with van der Waals surface area (Å²) in [6.45, 7) is 1.97. The van der Waals surface area contributed by atoms with Gasteiger partial charge in [-0.2, -0.15) is 0 Å². The number of hydrogen-bond donors (Lipinski definition) is 1. The number of benzene rings is 1. The lowest BCUT2D eigenvalue weighted by molar-refractivity contribution is -0.146. The van der Waals surface area contributed by atoms with E-state index in [0.717, 1.165) is 37.8 Å². The molecule has 0 heterocycles. The van der Waals surface area contributed by atoms with Crippen molar-refractivity contribution in [3.8, 4) is 0 Å². The maximum Gasteiger partial charge on any atom is 0.327 e. The first-order chi connectivity index (χ1) is 9.61. The van der Waals surface area contributed by atoms with Crippen LogP contribution >= 0.6 is 0 Å². The van der Waals surface area contributed by atoms with Gasteiger partial charge in [0.1, 0.15) is 6.04 Å². The van der Waals surface area contributed by atoms with E-state index in [0.29, 0.717) is 5.56 Å². The second kappa shape index (κ2) is 6.79. The molecule has 0 spiro atoms. The van der Waals surface area contributed by atoms with Crippen LogP contribution in [0.15, 0.2) is 18.2 Å². The maximum absolute atomic E-state index is 13.3. The SMILES string of the molecule is CCOC(=O)C(NC1CCCC1)c1ccc(F)c(F)c1. The standard InChI is InChI=1S/C15H19F2NO2/c1-2-20-15(19)14(18-11-5-3-4-6-11)10-7-8-12(16)13(17)9-10/h7-9,11,14,18H,2-6H2,1H3. The van der Waals surface area contributed by atoms with E-state index in [2.05, 4.69) is 5.32 Å². The number of rotatable bonds is 5. The number of ether oxygens (including phenoxy) is 1. The first-order valence-electron chi connectivity index (χ1n) is 6.99. The van der Waals surface area contributed by atoms with Gasteiger partial charge in [-0.3, -0.25) is 5.32 Å². The zero-order valence-electron chi connectivity index (χ0n) is 11.5. The number of esters is 1. The molecule has 20 heavy (non-hydrogen) atoms. The van der Waals surface area contributed by atoms with Gasteiger partial charge in [-0.05, 0) is 37.5 Å². The fourth-order valence-electron chi connectivity index (χ4n) is 2.55. The summed E-state index contributed by atoms with van der Waals surface area (Å²) in [5, 5.41) is 3.20. The molecule has 0 saturated heterocycles. The summed E-state index contributed by atoms with van der Waals surface area (Å²) in [6, 6.07) is 2.99. The van der Waals surface area contributed by atoms with Crippen molar-refractivity contribution in [2.75, 3.05) is 6.61 Å². The fourth-order valence-corrected chi connectivity index (χ4v) is 2.55. The summed E-state index contributed by atoms with van der Waals surface area (Å²) in [6.07, 6.45) is 4.20. The van der Waals surface area contributed by atoms with E-state index in [-0.39, 0.29) is 12.6 Å². The van der Waals surface area contributed by atoms with Crippen LogP contribution in [-0.4, -0.2) is 18.6 Å². The van der Waals surface area contributed by atoms with Crippen molar-refractivity contribution in [3.63, 3.8) is 0 Å². The Bertz CT molecular complexity index is 473. The van der Waals surface area contributed by atoms with Crippen LogP contribution in [-0.2, 0) is 9.53 Å². The van der Waals surface area contributed by atoms with E-state index in [1.807, 2.05) is 0 Å². The zero-order valence-corrected chi connectivity index (χ0v) is 11.5. The predicted octanol–water partition coefficient (Wildman–Crippen LogP) is 3.10. The average molecular weight is 283 g/mol. The monoisotopic (exact) mass is 283 g/mol. The Kier molecular flexibility index (Phi) is 5.06. The Hall–Kier alpha value is -1.49. The molecule has 1 fully saturated rings.